The van der Waals surface area contributed by atoms with Crippen molar-refractivity contribution in [1.82, 2.24) is 0 Å². The van der Waals surface area contributed by atoms with E-state index in [0.717, 1.165) is 5.02 Å². The zero-order valence-corrected chi connectivity index (χ0v) is 13.4. The Hall–Kier alpha value is -0.490. The van der Waals surface area contributed by atoms with Crippen molar-refractivity contribution >= 4 is 11.6 Å². The van der Waals surface area contributed by atoms with Gasteiger partial charge in [-0.3, -0.25) is 0 Å². The number of halogens is 1. The van der Waals surface area contributed by atoms with Crippen LogP contribution < -0.4 is 0 Å². The van der Waals surface area contributed by atoms with Crippen LogP contribution in [0.4, 0.5) is 0 Å². The van der Waals surface area contributed by atoms with Crippen LogP contribution in [0.1, 0.15) is 76.3 Å². The van der Waals surface area contributed by atoms with Gasteiger partial charge in [0.15, 0.2) is 0 Å². The second-order valence-corrected chi connectivity index (χ2v) is 6.03. The first-order valence-electron chi connectivity index (χ1n) is 8.04. The molecule has 0 saturated carbocycles. The maximum Gasteiger partial charge on any atom is 0.0411 e. The quantitative estimate of drug-likeness (QED) is 0.424. The van der Waals surface area contributed by atoms with Crippen molar-refractivity contribution in [2.24, 2.45) is 0 Å². The van der Waals surface area contributed by atoms with Gasteiger partial charge in [0.2, 0.25) is 0 Å². The molecule has 0 fully saturated rings. The summed E-state index contributed by atoms with van der Waals surface area (Å²) in [6.07, 6.45) is 13.0. The van der Waals surface area contributed by atoms with E-state index in [0.29, 0.717) is 0 Å². The lowest BCUT2D eigenvalue weighted by Gasteiger charge is -2.07. The summed E-state index contributed by atoms with van der Waals surface area (Å²) >= 11 is 6.23. The summed E-state index contributed by atoms with van der Waals surface area (Å²) in [4.78, 5) is 0. The Balaban J connectivity index is 2.41. The molecule has 0 amide bonds. The van der Waals surface area contributed by atoms with E-state index in [1.165, 1.54) is 75.3 Å². The van der Waals surface area contributed by atoms with E-state index in [4.69, 9.17) is 11.6 Å². The van der Waals surface area contributed by atoms with E-state index in [1.807, 2.05) is 0 Å². The fourth-order valence-electron chi connectivity index (χ4n) is 2.52. The molecule has 0 aliphatic rings. The summed E-state index contributed by atoms with van der Waals surface area (Å²) in [5, 5.41) is 0.915. The van der Waals surface area contributed by atoms with Gasteiger partial charge in [-0.1, -0.05) is 70.0 Å². The van der Waals surface area contributed by atoms with Gasteiger partial charge in [0.1, 0.15) is 0 Å². The minimum atomic E-state index is 0.915. The highest BCUT2D eigenvalue weighted by molar-refractivity contribution is 6.30. The van der Waals surface area contributed by atoms with Crippen LogP contribution in [0.25, 0.3) is 0 Å². The van der Waals surface area contributed by atoms with Gasteiger partial charge in [0.25, 0.3) is 0 Å². The Labute approximate surface area is 124 Å². The van der Waals surface area contributed by atoms with Crippen molar-refractivity contribution in [3.8, 4) is 0 Å². The molecule has 0 aliphatic carbocycles. The number of hydrogen-bond acceptors (Lipinski definition) is 0. The molecule has 1 aromatic rings. The standard InChI is InChI=1S/C18H29Cl/c1-3-5-7-9-11-16-13-17(15-18(19)14-16)12-10-8-6-4-2/h13-15H,3-12H2,1-2H3. The molecule has 0 unspecified atom stereocenters. The van der Waals surface area contributed by atoms with E-state index >= 15 is 0 Å². The summed E-state index contributed by atoms with van der Waals surface area (Å²) in [5.41, 5.74) is 2.85. The van der Waals surface area contributed by atoms with Crippen LogP contribution in [0.3, 0.4) is 0 Å². The summed E-state index contributed by atoms with van der Waals surface area (Å²) in [7, 11) is 0. The van der Waals surface area contributed by atoms with E-state index in [1.54, 1.807) is 0 Å². The van der Waals surface area contributed by atoms with Crippen LogP contribution in [0.5, 0.6) is 0 Å². The third kappa shape index (κ3) is 7.62. The second-order valence-electron chi connectivity index (χ2n) is 5.59. The zero-order chi connectivity index (χ0) is 13.9. The van der Waals surface area contributed by atoms with Gasteiger partial charge < -0.3 is 0 Å². The van der Waals surface area contributed by atoms with Gasteiger partial charge in [-0.05, 0) is 48.9 Å². The molecule has 108 valence electrons. The SMILES string of the molecule is CCCCCCc1cc(Cl)cc(CCCCCC)c1. The maximum absolute atomic E-state index is 6.23. The van der Waals surface area contributed by atoms with Crippen LogP contribution >= 0.6 is 11.6 Å². The van der Waals surface area contributed by atoms with Crippen molar-refractivity contribution in [3.63, 3.8) is 0 Å². The first-order chi connectivity index (χ1) is 9.26. The van der Waals surface area contributed by atoms with Crippen molar-refractivity contribution < 1.29 is 0 Å². The fourth-order valence-corrected chi connectivity index (χ4v) is 2.80. The number of unbranched alkanes of at least 4 members (excludes halogenated alkanes) is 6. The normalized spacial score (nSPS) is 10.9. The van der Waals surface area contributed by atoms with E-state index in [9.17, 15) is 0 Å². The lowest BCUT2D eigenvalue weighted by Crippen LogP contribution is -1.91. The highest BCUT2D eigenvalue weighted by Gasteiger charge is 2.01. The molecule has 1 rings (SSSR count). The topological polar surface area (TPSA) is 0 Å². The van der Waals surface area contributed by atoms with Crippen molar-refractivity contribution in [1.29, 1.82) is 0 Å². The predicted octanol–water partition coefficient (Wildman–Crippen LogP) is 6.59. The molecule has 0 aromatic heterocycles. The molecule has 0 spiro atoms. The molecule has 0 saturated heterocycles. The van der Waals surface area contributed by atoms with Crippen LogP contribution in [0.2, 0.25) is 5.02 Å². The maximum atomic E-state index is 6.23. The number of rotatable bonds is 10. The molecular formula is C18H29Cl. The predicted molar refractivity (Wildman–Crippen MR) is 87.1 cm³/mol. The zero-order valence-electron chi connectivity index (χ0n) is 12.7. The van der Waals surface area contributed by atoms with Crippen molar-refractivity contribution in [3.05, 3.63) is 34.3 Å². The molecule has 19 heavy (non-hydrogen) atoms. The Kier molecular flexibility index (Phi) is 8.99. The molecular weight excluding hydrogens is 252 g/mol. The minimum absolute atomic E-state index is 0.915. The Bertz CT molecular complexity index is 313. The van der Waals surface area contributed by atoms with E-state index in [-0.39, 0.29) is 0 Å². The molecule has 1 heteroatoms. The largest absolute Gasteiger partial charge is 0.0843 e. The molecule has 0 radical (unpaired) electrons. The minimum Gasteiger partial charge on any atom is -0.0843 e. The average Bonchev–Trinajstić information content (AvgIpc) is 2.39. The second kappa shape index (κ2) is 10.3. The third-order valence-corrected chi connectivity index (χ3v) is 3.87. The molecule has 0 N–H and O–H groups in total. The average molecular weight is 281 g/mol. The molecule has 0 aliphatic heterocycles. The van der Waals surface area contributed by atoms with Gasteiger partial charge >= 0.3 is 0 Å². The summed E-state index contributed by atoms with van der Waals surface area (Å²) in [6.45, 7) is 4.52. The Morgan fingerprint density at radius 2 is 1.16 bits per heavy atom. The van der Waals surface area contributed by atoms with Crippen LogP contribution in [-0.2, 0) is 12.8 Å². The molecule has 0 atom stereocenters. The number of aryl methyl sites for hydroxylation is 2. The Morgan fingerprint density at radius 3 is 1.58 bits per heavy atom. The van der Waals surface area contributed by atoms with Crippen LogP contribution in [0, 0.1) is 0 Å². The van der Waals surface area contributed by atoms with Gasteiger partial charge in [0.05, 0.1) is 0 Å². The summed E-state index contributed by atoms with van der Waals surface area (Å²) in [5.74, 6) is 0. The lowest BCUT2D eigenvalue weighted by molar-refractivity contribution is 0.661. The van der Waals surface area contributed by atoms with Crippen LogP contribution in [0.15, 0.2) is 18.2 Å². The highest BCUT2D eigenvalue weighted by atomic mass is 35.5. The lowest BCUT2D eigenvalue weighted by atomic mass is 10.0. The van der Waals surface area contributed by atoms with Gasteiger partial charge in [-0.15, -0.1) is 0 Å². The van der Waals surface area contributed by atoms with E-state index in [2.05, 4.69) is 32.0 Å². The van der Waals surface area contributed by atoms with Gasteiger partial charge in [-0.2, -0.15) is 0 Å². The van der Waals surface area contributed by atoms with Crippen molar-refractivity contribution in [2.75, 3.05) is 0 Å². The Morgan fingerprint density at radius 1 is 0.684 bits per heavy atom. The fraction of sp³-hybridized carbons (Fsp3) is 0.667. The highest BCUT2D eigenvalue weighted by Crippen LogP contribution is 2.19. The molecule has 0 heterocycles. The van der Waals surface area contributed by atoms with Crippen molar-refractivity contribution in [2.45, 2.75) is 78.1 Å². The van der Waals surface area contributed by atoms with Crippen LogP contribution in [-0.4, -0.2) is 0 Å². The first-order valence-corrected chi connectivity index (χ1v) is 8.42. The first kappa shape index (κ1) is 16.6. The third-order valence-electron chi connectivity index (χ3n) is 3.66. The smallest absolute Gasteiger partial charge is 0.0411 e. The van der Waals surface area contributed by atoms with Gasteiger partial charge in [-0.25, -0.2) is 0 Å². The van der Waals surface area contributed by atoms with E-state index < -0.39 is 0 Å². The molecule has 0 bridgehead atoms. The van der Waals surface area contributed by atoms with Gasteiger partial charge in [0, 0.05) is 5.02 Å². The number of benzene rings is 1. The summed E-state index contributed by atoms with van der Waals surface area (Å²) < 4.78 is 0. The molecule has 0 nitrogen and oxygen atoms in total. The number of hydrogen-bond donors (Lipinski definition) is 0. The monoisotopic (exact) mass is 280 g/mol. The molecule has 1 aromatic carbocycles. The summed E-state index contributed by atoms with van der Waals surface area (Å²) in [6, 6.07) is 6.65.